The van der Waals surface area contributed by atoms with Gasteiger partial charge in [-0.3, -0.25) is 4.79 Å². The van der Waals surface area contributed by atoms with Crippen LogP contribution in [0.3, 0.4) is 0 Å². The fourth-order valence-electron chi connectivity index (χ4n) is 1.75. The van der Waals surface area contributed by atoms with Crippen molar-refractivity contribution in [2.24, 2.45) is 5.92 Å². The highest BCUT2D eigenvalue weighted by atomic mass is 32.2. The van der Waals surface area contributed by atoms with Crippen molar-refractivity contribution in [3.63, 3.8) is 0 Å². The van der Waals surface area contributed by atoms with Crippen molar-refractivity contribution in [2.75, 3.05) is 24.6 Å². The third-order valence-corrected chi connectivity index (χ3v) is 3.79. The smallest absolute Gasteiger partial charge is 0.232 e. The number of piperidine rings is 1. The Kier molecular flexibility index (Phi) is 6.21. The maximum atomic E-state index is 11.8. The van der Waals surface area contributed by atoms with Crippen LogP contribution in [-0.4, -0.2) is 46.6 Å². The second-order valence-electron chi connectivity index (χ2n) is 4.87. The predicted octanol–water partition coefficient (Wildman–Crippen LogP) is 1.75. The quantitative estimate of drug-likeness (QED) is 0.750. The molecule has 1 aliphatic rings. The van der Waals surface area contributed by atoms with Crippen molar-refractivity contribution < 1.29 is 9.90 Å². The minimum Gasteiger partial charge on any atom is -0.391 e. The molecule has 1 aliphatic heterocycles. The van der Waals surface area contributed by atoms with E-state index in [0.29, 0.717) is 18.2 Å². The highest BCUT2D eigenvalue weighted by molar-refractivity contribution is 7.99. The summed E-state index contributed by atoms with van der Waals surface area (Å²) < 4.78 is 0. The number of rotatable bonds is 5. The van der Waals surface area contributed by atoms with Crippen molar-refractivity contribution in [1.29, 1.82) is 0 Å². The Bertz CT molecular complexity index is 221. The lowest BCUT2D eigenvalue weighted by molar-refractivity contribution is -0.131. The molecule has 3 nitrogen and oxygen atoms in total. The SMILES string of the molecule is CC(C)CCSCC(=O)N1CCCC(O)C1. The number of carbonyl (C=O) groups excluding carboxylic acids is 1. The molecule has 0 spiro atoms. The van der Waals surface area contributed by atoms with Crippen molar-refractivity contribution in [1.82, 2.24) is 4.90 Å². The summed E-state index contributed by atoms with van der Waals surface area (Å²) in [7, 11) is 0. The summed E-state index contributed by atoms with van der Waals surface area (Å²) in [6.45, 7) is 5.75. The first-order valence-electron chi connectivity index (χ1n) is 6.13. The molecule has 1 saturated heterocycles. The monoisotopic (exact) mass is 245 g/mol. The lowest BCUT2D eigenvalue weighted by Crippen LogP contribution is -2.43. The summed E-state index contributed by atoms with van der Waals surface area (Å²) in [5.74, 6) is 2.52. The number of nitrogens with zero attached hydrogens (tertiary/aromatic N) is 1. The molecule has 16 heavy (non-hydrogen) atoms. The van der Waals surface area contributed by atoms with Gasteiger partial charge in [-0.25, -0.2) is 0 Å². The summed E-state index contributed by atoms with van der Waals surface area (Å²) >= 11 is 1.71. The van der Waals surface area contributed by atoms with E-state index in [-0.39, 0.29) is 12.0 Å². The van der Waals surface area contributed by atoms with E-state index in [4.69, 9.17) is 0 Å². The molecule has 0 aromatic rings. The first-order chi connectivity index (χ1) is 7.59. The molecule has 1 atom stereocenters. The van der Waals surface area contributed by atoms with Gasteiger partial charge in [-0.2, -0.15) is 11.8 Å². The molecule has 0 aromatic carbocycles. The summed E-state index contributed by atoms with van der Waals surface area (Å²) in [6.07, 6.45) is 2.63. The highest BCUT2D eigenvalue weighted by Crippen LogP contribution is 2.13. The van der Waals surface area contributed by atoms with Crippen molar-refractivity contribution in [3.8, 4) is 0 Å². The zero-order valence-corrected chi connectivity index (χ0v) is 11.1. The molecule has 0 radical (unpaired) electrons. The van der Waals surface area contributed by atoms with E-state index in [1.54, 1.807) is 16.7 Å². The lowest BCUT2D eigenvalue weighted by atomic mass is 10.1. The minimum absolute atomic E-state index is 0.188. The molecular weight excluding hydrogens is 222 g/mol. The Morgan fingerprint density at radius 3 is 2.94 bits per heavy atom. The van der Waals surface area contributed by atoms with Crippen LogP contribution < -0.4 is 0 Å². The van der Waals surface area contributed by atoms with Crippen molar-refractivity contribution >= 4 is 17.7 Å². The molecule has 4 heteroatoms. The van der Waals surface area contributed by atoms with Gasteiger partial charge in [0.1, 0.15) is 0 Å². The molecule has 94 valence electrons. The van der Waals surface area contributed by atoms with Crippen LogP contribution in [0.15, 0.2) is 0 Å². The first-order valence-corrected chi connectivity index (χ1v) is 7.28. The van der Waals surface area contributed by atoms with Gasteiger partial charge in [0.15, 0.2) is 0 Å². The highest BCUT2D eigenvalue weighted by Gasteiger charge is 2.21. The van der Waals surface area contributed by atoms with Crippen LogP contribution in [0.2, 0.25) is 0 Å². The average molecular weight is 245 g/mol. The van der Waals surface area contributed by atoms with Crippen LogP contribution in [0.1, 0.15) is 33.1 Å². The molecule has 0 aliphatic carbocycles. The van der Waals surface area contributed by atoms with Crippen LogP contribution >= 0.6 is 11.8 Å². The second kappa shape index (κ2) is 7.17. The van der Waals surface area contributed by atoms with Crippen LogP contribution in [0.5, 0.6) is 0 Å². The van der Waals surface area contributed by atoms with Gasteiger partial charge in [-0.15, -0.1) is 0 Å². The van der Waals surface area contributed by atoms with Gasteiger partial charge in [0.2, 0.25) is 5.91 Å². The van der Waals surface area contributed by atoms with Gasteiger partial charge < -0.3 is 10.0 Å². The molecule has 1 fully saturated rings. The molecule has 0 saturated carbocycles. The van der Waals surface area contributed by atoms with Gasteiger partial charge in [-0.1, -0.05) is 13.8 Å². The Hall–Kier alpha value is -0.220. The zero-order chi connectivity index (χ0) is 12.0. The second-order valence-corrected chi connectivity index (χ2v) is 5.98. The molecule has 1 N–H and O–H groups in total. The number of aliphatic hydroxyl groups is 1. The lowest BCUT2D eigenvalue weighted by Gasteiger charge is -2.30. The number of hydrogen-bond acceptors (Lipinski definition) is 3. The maximum absolute atomic E-state index is 11.8. The molecule has 1 unspecified atom stereocenters. The third-order valence-electron chi connectivity index (χ3n) is 2.81. The first kappa shape index (κ1) is 13.8. The normalized spacial score (nSPS) is 21.5. The largest absolute Gasteiger partial charge is 0.391 e. The molecule has 0 aromatic heterocycles. The number of carbonyl (C=O) groups is 1. The fourth-order valence-corrected chi connectivity index (χ4v) is 2.89. The maximum Gasteiger partial charge on any atom is 0.232 e. The Morgan fingerprint density at radius 1 is 1.56 bits per heavy atom. The number of amides is 1. The molecule has 1 amide bonds. The van der Waals surface area contributed by atoms with Gasteiger partial charge in [0.25, 0.3) is 0 Å². The van der Waals surface area contributed by atoms with Gasteiger partial charge in [0.05, 0.1) is 11.9 Å². The zero-order valence-electron chi connectivity index (χ0n) is 10.3. The molecular formula is C12H23NO2S. The molecule has 1 heterocycles. The van der Waals surface area contributed by atoms with Crippen LogP contribution in [0, 0.1) is 5.92 Å². The van der Waals surface area contributed by atoms with E-state index in [0.717, 1.165) is 25.1 Å². The molecule has 1 rings (SSSR count). The van der Waals surface area contributed by atoms with Gasteiger partial charge >= 0.3 is 0 Å². The van der Waals surface area contributed by atoms with Crippen LogP contribution in [0.25, 0.3) is 0 Å². The summed E-state index contributed by atoms with van der Waals surface area (Å²) in [5.41, 5.74) is 0. The number of thioether (sulfide) groups is 1. The van der Waals surface area contributed by atoms with E-state index >= 15 is 0 Å². The van der Waals surface area contributed by atoms with E-state index < -0.39 is 0 Å². The van der Waals surface area contributed by atoms with Gasteiger partial charge in [0, 0.05) is 13.1 Å². The standard InChI is InChI=1S/C12H23NO2S/c1-10(2)5-7-16-9-12(15)13-6-3-4-11(14)8-13/h10-11,14H,3-9H2,1-2H3. The summed E-state index contributed by atoms with van der Waals surface area (Å²) in [6, 6.07) is 0. The number of β-amino-alcohol motifs (C(OH)–C–C–N with tert-alkyl or cyclic N) is 1. The Labute approximate surface area is 103 Å². The topological polar surface area (TPSA) is 40.5 Å². The van der Waals surface area contributed by atoms with E-state index in [2.05, 4.69) is 13.8 Å². The van der Waals surface area contributed by atoms with Crippen molar-refractivity contribution in [3.05, 3.63) is 0 Å². The molecule has 0 bridgehead atoms. The Morgan fingerprint density at radius 2 is 2.31 bits per heavy atom. The summed E-state index contributed by atoms with van der Waals surface area (Å²) in [4.78, 5) is 13.6. The Balaban J connectivity index is 2.14. The van der Waals surface area contributed by atoms with E-state index in [1.165, 1.54) is 6.42 Å². The number of likely N-dealkylation sites (tertiary alicyclic amines) is 1. The number of hydrogen-bond donors (Lipinski definition) is 1. The number of aliphatic hydroxyl groups excluding tert-OH is 1. The average Bonchev–Trinajstić information content (AvgIpc) is 2.24. The van der Waals surface area contributed by atoms with Crippen molar-refractivity contribution in [2.45, 2.75) is 39.2 Å². The fraction of sp³-hybridized carbons (Fsp3) is 0.917. The van der Waals surface area contributed by atoms with Crippen LogP contribution in [-0.2, 0) is 4.79 Å². The summed E-state index contributed by atoms with van der Waals surface area (Å²) in [5, 5.41) is 9.47. The third kappa shape index (κ3) is 5.21. The van der Waals surface area contributed by atoms with E-state index in [9.17, 15) is 9.90 Å². The van der Waals surface area contributed by atoms with Gasteiger partial charge in [-0.05, 0) is 30.9 Å². The minimum atomic E-state index is -0.307. The van der Waals surface area contributed by atoms with E-state index in [1.807, 2.05) is 0 Å². The van der Waals surface area contributed by atoms with Crippen LogP contribution in [0.4, 0.5) is 0 Å². The predicted molar refractivity (Wildman–Crippen MR) is 68.6 cm³/mol.